The standard InChI is InChI=1S/C18H15FN2O3S2/c19-15-4-6-16(7-5-15)21-26(23,24)17-3-1-2-14(10-17)18(22)20-11-13-8-9-25-12-13/h1-10,12,21H,11H2,(H,20,22). The number of anilines is 1. The van der Waals surface area contributed by atoms with Gasteiger partial charge in [0.1, 0.15) is 5.82 Å². The summed E-state index contributed by atoms with van der Waals surface area (Å²) in [6.07, 6.45) is 0. The first-order chi connectivity index (χ1) is 12.4. The van der Waals surface area contributed by atoms with Crippen molar-refractivity contribution >= 4 is 33.0 Å². The molecule has 2 N–H and O–H groups in total. The average Bonchev–Trinajstić information content (AvgIpc) is 3.15. The van der Waals surface area contributed by atoms with Gasteiger partial charge < -0.3 is 5.32 Å². The van der Waals surface area contributed by atoms with Crippen LogP contribution < -0.4 is 10.0 Å². The fourth-order valence-electron chi connectivity index (χ4n) is 2.21. The van der Waals surface area contributed by atoms with Gasteiger partial charge in [-0.3, -0.25) is 9.52 Å². The molecule has 3 rings (SSSR count). The molecule has 1 aromatic heterocycles. The first-order valence-electron chi connectivity index (χ1n) is 7.62. The largest absolute Gasteiger partial charge is 0.348 e. The smallest absolute Gasteiger partial charge is 0.261 e. The van der Waals surface area contributed by atoms with Gasteiger partial charge in [0.05, 0.1) is 4.90 Å². The molecular weight excluding hydrogens is 375 g/mol. The summed E-state index contributed by atoms with van der Waals surface area (Å²) in [4.78, 5) is 12.2. The molecule has 5 nitrogen and oxygen atoms in total. The van der Waals surface area contributed by atoms with Crippen LogP contribution in [0.5, 0.6) is 0 Å². The normalized spacial score (nSPS) is 11.1. The number of rotatable bonds is 6. The summed E-state index contributed by atoms with van der Waals surface area (Å²) >= 11 is 1.53. The molecule has 0 saturated heterocycles. The molecule has 3 aromatic rings. The Morgan fingerprint density at radius 1 is 1.08 bits per heavy atom. The minimum Gasteiger partial charge on any atom is -0.348 e. The van der Waals surface area contributed by atoms with Crippen molar-refractivity contribution in [1.82, 2.24) is 5.32 Å². The molecule has 0 atom stereocenters. The van der Waals surface area contributed by atoms with Gasteiger partial charge in [-0.05, 0) is 64.9 Å². The van der Waals surface area contributed by atoms with Gasteiger partial charge in [0.15, 0.2) is 0 Å². The van der Waals surface area contributed by atoms with Gasteiger partial charge in [0, 0.05) is 17.8 Å². The maximum absolute atomic E-state index is 12.9. The molecule has 0 aliphatic heterocycles. The number of halogens is 1. The van der Waals surface area contributed by atoms with Gasteiger partial charge in [0.2, 0.25) is 0 Å². The van der Waals surface area contributed by atoms with Crippen LogP contribution in [-0.2, 0) is 16.6 Å². The number of thiophene rings is 1. The quantitative estimate of drug-likeness (QED) is 0.675. The van der Waals surface area contributed by atoms with Gasteiger partial charge in [-0.2, -0.15) is 11.3 Å². The van der Waals surface area contributed by atoms with E-state index in [-0.39, 0.29) is 22.1 Å². The number of nitrogens with one attached hydrogen (secondary N) is 2. The molecule has 1 heterocycles. The molecule has 0 aliphatic carbocycles. The lowest BCUT2D eigenvalue weighted by Crippen LogP contribution is -2.23. The Morgan fingerprint density at radius 3 is 2.54 bits per heavy atom. The molecule has 0 bridgehead atoms. The molecule has 0 spiro atoms. The molecule has 0 aliphatic rings. The third-order valence-electron chi connectivity index (χ3n) is 3.54. The van der Waals surface area contributed by atoms with Crippen LogP contribution in [0, 0.1) is 5.82 Å². The lowest BCUT2D eigenvalue weighted by molar-refractivity contribution is 0.0950. The number of carbonyl (C=O) groups is 1. The number of amides is 1. The zero-order valence-corrected chi connectivity index (χ0v) is 15.1. The highest BCUT2D eigenvalue weighted by atomic mass is 32.2. The zero-order valence-electron chi connectivity index (χ0n) is 13.5. The number of sulfonamides is 1. The van der Waals surface area contributed by atoms with E-state index in [1.807, 2.05) is 16.8 Å². The van der Waals surface area contributed by atoms with E-state index in [0.717, 1.165) is 17.7 Å². The van der Waals surface area contributed by atoms with Crippen LogP contribution >= 0.6 is 11.3 Å². The Bertz CT molecular complexity index is 1000. The van der Waals surface area contributed by atoms with Crippen LogP contribution in [0.3, 0.4) is 0 Å². The van der Waals surface area contributed by atoms with Crippen LogP contribution in [0.25, 0.3) is 0 Å². The third kappa shape index (κ3) is 4.47. The second-order valence-electron chi connectivity index (χ2n) is 5.45. The topological polar surface area (TPSA) is 75.3 Å². The van der Waals surface area contributed by atoms with E-state index in [0.29, 0.717) is 6.54 Å². The predicted octanol–water partition coefficient (Wildman–Crippen LogP) is 3.62. The Labute approximate surface area is 154 Å². The van der Waals surface area contributed by atoms with Crippen LogP contribution in [0.1, 0.15) is 15.9 Å². The molecule has 0 radical (unpaired) electrons. The van der Waals surface area contributed by atoms with Crippen molar-refractivity contribution in [2.24, 2.45) is 0 Å². The minimum atomic E-state index is -3.89. The van der Waals surface area contributed by atoms with Crippen molar-refractivity contribution < 1.29 is 17.6 Å². The highest BCUT2D eigenvalue weighted by molar-refractivity contribution is 7.92. The minimum absolute atomic E-state index is 0.0509. The van der Waals surface area contributed by atoms with Crippen molar-refractivity contribution in [3.8, 4) is 0 Å². The Balaban J connectivity index is 1.74. The number of hydrogen-bond donors (Lipinski definition) is 2. The highest BCUT2D eigenvalue weighted by Crippen LogP contribution is 2.18. The molecule has 134 valence electrons. The molecule has 1 amide bonds. The molecule has 0 unspecified atom stereocenters. The summed E-state index contributed by atoms with van der Waals surface area (Å²) in [5.41, 5.74) is 1.45. The van der Waals surface area contributed by atoms with E-state index in [9.17, 15) is 17.6 Å². The van der Waals surface area contributed by atoms with Crippen LogP contribution in [0.15, 0.2) is 70.3 Å². The lowest BCUT2D eigenvalue weighted by atomic mass is 10.2. The van der Waals surface area contributed by atoms with Gasteiger partial charge in [0.25, 0.3) is 15.9 Å². The fourth-order valence-corrected chi connectivity index (χ4v) is 3.99. The molecule has 0 saturated carbocycles. The molecule has 8 heteroatoms. The third-order valence-corrected chi connectivity index (χ3v) is 5.65. The molecule has 0 fully saturated rings. The van der Waals surface area contributed by atoms with E-state index < -0.39 is 15.8 Å². The van der Waals surface area contributed by atoms with Crippen molar-refractivity contribution in [1.29, 1.82) is 0 Å². The summed E-state index contributed by atoms with van der Waals surface area (Å²) in [6, 6.07) is 12.6. The van der Waals surface area contributed by atoms with Gasteiger partial charge in [-0.1, -0.05) is 6.07 Å². The second kappa shape index (κ2) is 7.67. The van der Waals surface area contributed by atoms with Gasteiger partial charge in [-0.15, -0.1) is 0 Å². The maximum atomic E-state index is 12.9. The Hall–Kier alpha value is -2.71. The first kappa shape index (κ1) is 18.1. The summed E-state index contributed by atoms with van der Waals surface area (Å²) in [7, 11) is -3.89. The Kier molecular flexibility index (Phi) is 5.34. The van der Waals surface area contributed by atoms with E-state index in [2.05, 4.69) is 10.0 Å². The van der Waals surface area contributed by atoms with Gasteiger partial charge in [-0.25, -0.2) is 12.8 Å². The second-order valence-corrected chi connectivity index (χ2v) is 7.92. The number of hydrogen-bond acceptors (Lipinski definition) is 4. The highest BCUT2D eigenvalue weighted by Gasteiger charge is 2.16. The van der Waals surface area contributed by atoms with Crippen molar-refractivity contribution in [2.45, 2.75) is 11.4 Å². The van der Waals surface area contributed by atoms with E-state index >= 15 is 0 Å². The zero-order chi connectivity index (χ0) is 18.6. The van der Waals surface area contributed by atoms with Crippen molar-refractivity contribution in [2.75, 3.05) is 4.72 Å². The van der Waals surface area contributed by atoms with E-state index in [4.69, 9.17) is 0 Å². The maximum Gasteiger partial charge on any atom is 0.261 e. The summed E-state index contributed by atoms with van der Waals surface area (Å²) < 4.78 is 40.2. The molecule has 26 heavy (non-hydrogen) atoms. The summed E-state index contributed by atoms with van der Waals surface area (Å²) in [5, 5.41) is 6.58. The van der Waals surface area contributed by atoms with E-state index in [1.165, 1.54) is 41.7 Å². The average molecular weight is 390 g/mol. The van der Waals surface area contributed by atoms with Crippen LogP contribution in [0.4, 0.5) is 10.1 Å². The van der Waals surface area contributed by atoms with Crippen LogP contribution in [-0.4, -0.2) is 14.3 Å². The SMILES string of the molecule is O=C(NCc1ccsc1)c1cccc(S(=O)(=O)Nc2ccc(F)cc2)c1. The van der Waals surface area contributed by atoms with Crippen molar-refractivity contribution in [3.63, 3.8) is 0 Å². The molecular formula is C18H15FN2O3S2. The van der Waals surface area contributed by atoms with Crippen molar-refractivity contribution in [3.05, 3.63) is 82.3 Å². The fraction of sp³-hybridized carbons (Fsp3) is 0.0556. The molecule has 2 aromatic carbocycles. The summed E-state index contributed by atoms with van der Waals surface area (Å²) in [6.45, 7) is 0.368. The lowest BCUT2D eigenvalue weighted by Gasteiger charge is -2.10. The van der Waals surface area contributed by atoms with E-state index in [1.54, 1.807) is 6.07 Å². The number of benzene rings is 2. The first-order valence-corrected chi connectivity index (χ1v) is 10.0. The predicted molar refractivity (Wildman–Crippen MR) is 99.1 cm³/mol. The Morgan fingerprint density at radius 2 is 1.85 bits per heavy atom. The van der Waals surface area contributed by atoms with Crippen LogP contribution in [0.2, 0.25) is 0 Å². The monoisotopic (exact) mass is 390 g/mol. The number of carbonyl (C=O) groups excluding carboxylic acids is 1. The van der Waals surface area contributed by atoms with Gasteiger partial charge >= 0.3 is 0 Å². The summed E-state index contributed by atoms with van der Waals surface area (Å²) in [5.74, 6) is -0.827.